The Balaban J connectivity index is 0.00000176. The molecule has 120 valence electrons. The number of aromatic amines is 1. The van der Waals surface area contributed by atoms with E-state index in [1.54, 1.807) is 0 Å². The smallest absolute Gasteiger partial charge is 0.239 e. The van der Waals surface area contributed by atoms with Crippen molar-refractivity contribution in [3.05, 3.63) is 35.5 Å². The Morgan fingerprint density at radius 1 is 1.45 bits per heavy atom. The van der Waals surface area contributed by atoms with Crippen molar-refractivity contribution in [2.45, 2.75) is 19.4 Å². The number of benzene rings is 1. The fourth-order valence-electron chi connectivity index (χ4n) is 2.83. The lowest BCUT2D eigenvalue weighted by Crippen LogP contribution is -2.51. The normalized spacial score (nSPS) is 18.0. The largest absolute Gasteiger partial charge is 0.378 e. The number of hydrogen-bond donors (Lipinski definition) is 3. The molecule has 1 aliphatic heterocycles. The van der Waals surface area contributed by atoms with Crippen LogP contribution in [0.15, 0.2) is 24.4 Å². The molecule has 1 unspecified atom stereocenters. The summed E-state index contributed by atoms with van der Waals surface area (Å²) in [5.74, 6) is 0.0197. The predicted molar refractivity (Wildman–Crippen MR) is 89.6 cm³/mol. The summed E-state index contributed by atoms with van der Waals surface area (Å²) in [7, 11) is 0. The number of carbonyl (C=O) groups excluding carboxylic acids is 1. The maximum atomic E-state index is 12.0. The third-order valence-electron chi connectivity index (χ3n) is 3.93. The number of aryl methyl sites for hydroxylation is 1. The fourth-order valence-corrected chi connectivity index (χ4v) is 2.83. The minimum Gasteiger partial charge on any atom is -0.378 e. The molecule has 3 rings (SSSR count). The Kier molecular flexibility index (Phi) is 5.83. The van der Waals surface area contributed by atoms with E-state index < -0.39 is 0 Å². The number of H-pyrrole nitrogens is 1. The maximum Gasteiger partial charge on any atom is 0.239 e. The molecule has 0 saturated carbocycles. The standard InChI is InChI=1S/C16H21N3O2.ClH/c1-11-3-2-4-13-15(11)12(9-19-13)5-6-18-16(20)14-10-21-8-7-17-14;/h2-4,9,14,17,19H,5-8,10H2,1H3,(H,18,20);1H. The predicted octanol–water partition coefficient (Wildman–Crippen LogP) is 1.55. The summed E-state index contributed by atoms with van der Waals surface area (Å²) < 4.78 is 5.30. The molecule has 5 nitrogen and oxygen atoms in total. The first-order chi connectivity index (χ1) is 10.3. The number of fused-ring (bicyclic) bond motifs is 1. The third-order valence-corrected chi connectivity index (χ3v) is 3.93. The number of carbonyl (C=O) groups is 1. The number of amides is 1. The topological polar surface area (TPSA) is 66.2 Å². The number of ether oxygens (including phenoxy) is 1. The van der Waals surface area contributed by atoms with Gasteiger partial charge in [0.25, 0.3) is 0 Å². The van der Waals surface area contributed by atoms with E-state index in [4.69, 9.17) is 4.74 Å². The van der Waals surface area contributed by atoms with Crippen LogP contribution in [0.3, 0.4) is 0 Å². The first-order valence-electron chi connectivity index (χ1n) is 7.40. The van der Waals surface area contributed by atoms with Gasteiger partial charge in [0.05, 0.1) is 13.2 Å². The number of nitrogens with one attached hydrogen (secondary N) is 3. The molecule has 6 heteroatoms. The fraction of sp³-hybridized carbons (Fsp3) is 0.438. The molecule has 2 heterocycles. The zero-order valence-corrected chi connectivity index (χ0v) is 13.5. The summed E-state index contributed by atoms with van der Waals surface area (Å²) >= 11 is 0. The Morgan fingerprint density at radius 2 is 2.32 bits per heavy atom. The highest BCUT2D eigenvalue weighted by Crippen LogP contribution is 2.22. The molecule has 3 N–H and O–H groups in total. The lowest BCUT2D eigenvalue weighted by molar-refractivity contribution is -0.125. The van der Waals surface area contributed by atoms with Gasteiger partial charge in [-0.05, 0) is 30.5 Å². The number of aromatic nitrogens is 1. The Bertz CT molecular complexity index is 635. The van der Waals surface area contributed by atoms with Gasteiger partial charge in [0.1, 0.15) is 6.04 Å². The molecule has 2 aromatic rings. The van der Waals surface area contributed by atoms with E-state index in [1.807, 2.05) is 6.20 Å². The summed E-state index contributed by atoms with van der Waals surface area (Å²) in [6, 6.07) is 6.02. The first kappa shape index (κ1) is 16.8. The van der Waals surface area contributed by atoms with E-state index in [0.717, 1.165) is 18.5 Å². The molecule has 0 bridgehead atoms. The van der Waals surface area contributed by atoms with Crippen molar-refractivity contribution < 1.29 is 9.53 Å². The molecule has 1 fully saturated rings. The van der Waals surface area contributed by atoms with Gasteiger partial charge >= 0.3 is 0 Å². The molecule has 1 saturated heterocycles. The number of halogens is 1. The summed E-state index contributed by atoms with van der Waals surface area (Å²) in [6.45, 7) is 4.62. The van der Waals surface area contributed by atoms with Crippen LogP contribution in [0.25, 0.3) is 10.9 Å². The highest BCUT2D eigenvalue weighted by Gasteiger charge is 2.20. The minimum atomic E-state index is -0.219. The zero-order valence-electron chi connectivity index (χ0n) is 12.6. The molecule has 22 heavy (non-hydrogen) atoms. The van der Waals surface area contributed by atoms with Crippen molar-refractivity contribution in [3.63, 3.8) is 0 Å². The van der Waals surface area contributed by atoms with Gasteiger partial charge in [-0.2, -0.15) is 0 Å². The van der Waals surface area contributed by atoms with Crippen molar-refractivity contribution in [1.29, 1.82) is 0 Å². The number of hydrogen-bond acceptors (Lipinski definition) is 3. The molecular formula is C16H22ClN3O2. The van der Waals surface area contributed by atoms with Crippen molar-refractivity contribution in [1.82, 2.24) is 15.6 Å². The zero-order chi connectivity index (χ0) is 14.7. The average molecular weight is 324 g/mol. The highest BCUT2D eigenvalue weighted by molar-refractivity contribution is 5.86. The van der Waals surface area contributed by atoms with Crippen molar-refractivity contribution >= 4 is 29.2 Å². The highest BCUT2D eigenvalue weighted by atomic mass is 35.5. The van der Waals surface area contributed by atoms with Crippen LogP contribution in [-0.4, -0.2) is 43.2 Å². The van der Waals surface area contributed by atoms with Crippen LogP contribution in [0.2, 0.25) is 0 Å². The van der Waals surface area contributed by atoms with Crippen LogP contribution >= 0.6 is 12.4 Å². The van der Waals surface area contributed by atoms with E-state index in [-0.39, 0.29) is 24.4 Å². The van der Waals surface area contributed by atoms with Gasteiger partial charge in [0.2, 0.25) is 5.91 Å². The lowest BCUT2D eigenvalue weighted by atomic mass is 10.1. The third kappa shape index (κ3) is 3.61. The Hall–Kier alpha value is -1.56. The Labute approximate surface area is 136 Å². The van der Waals surface area contributed by atoms with Crippen LogP contribution < -0.4 is 10.6 Å². The van der Waals surface area contributed by atoms with Gasteiger partial charge in [-0.3, -0.25) is 4.79 Å². The second kappa shape index (κ2) is 7.63. The second-order valence-corrected chi connectivity index (χ2v) is 5.43. The van der Waals surface area contributed by atoms with Crippen LogP contribution in [0.4, 0.5) is 0 Å². The summed E-state index contributed by atoms with van der Waals surface area (Å²) in [6.07, 6.45) is 2.86. The van der Waals surface area contributed by atoms with Crippen LogP contribution in [-0.2, 0) is 16.0 Å². The van der Waals surface area contributed by atoms with Gasteiger partial charge in [-0.15, -0.1) is 12.4 Å². The SMILES string of the molecule is Cc1cccc2[nH]cc(CCNC(=O)C3COCCN3)c12.Cl. The van der Waals surface area contributed by atoms with Crippen molar-refractivity contribution in [2.24, 2.45) is 0 Å². The molecule has 0 radical (unpaired) electrons. The van der Waals surface area contributed by atoms with Gasteiger partial charge < -0.3 is 20.4 Å². The van der Waals surface area contributed by atoms with Crippen molar-refractivity contribution in [3.8, 4) is 0 Å². The molecular weight excluding hydrogens is 302 g/mol. The van der Waals surface area contributed by atoms with E-state index in [9.17, 15) is 4.79 Å². The monoisotopic (exact) mass is 323 g/mol. The molecule has 1 aromatic heterocycles. The number of rotatable bonds is 4. The molecule has 1 atom stereocenters. The summed E-state index contributed by atoms with van der Waals surface area (Å²) in [5.41, 5.74) is 3.66. The minimum absolute atomic E-state index is 0. The molecule has 1 amide bonds. The van der Waals surface area contributed by atoms with E-state index in [1.165, 1.54) is 16.5 Å². The summed E-state index contributed by atoms with van der Waals surface area (Å²) in [4.78, 5) is 15.3. The molecule has 1 aliphatic rings. The average Bonchev–Trinajstić information content (AvgIpc) is 2.93. The van der Waals surface area contributed by atoms with Gasteiger partial charge in [0, 0.05) is 30.2 Å². The molecule has 1 aromatic carbocycles. The van der Waals surface area contributed by atoms with Crippen LogP contribution in [0.1, 0.15) is 11.1 Å². The number of morpholine rings is 1. The second-order valence-electron chi connectivity index (χ2n) is 5.43. The Morgan fingerprint density at radius 3 is 3.09 bits per heavy atom. The van der Waals surface area contributed by atoms with E-state index in [2.05, 4.69) is 40.7 Å². The first-order valence-corrected chi connectivity index (χ1v) is 7.40. The molecule has 0 aliphatic carbocycles. The van der Waals surface area contributed by atoms with Crippen LogP contribution in [0.5, 0.6) is 0 Å². The summed E-state index contributed by atoms with van der Waals surface area (Å²) in [5, 5.41) is 7.41. The maximum absolute atomic E-state index is 12.0. The quantitative estimate of drug-likeness (QED) is 0.799. The van der Waals surface area contributed by atoms with Gasteiger partial charge in [-0.1, -0.05) is 12.1 Å². The van der Waals surface area contributed by atoms with E-state index >= 15 is 0 Å². The van der Waals surface area contributed by atoms with Gasteiger partial charge in [-0.25, -0.2) is 0 Å². The lowest BCUT2D eigenvalue weighted by Gasteiger charge is -2.22. The van der Waals surface area contributed by atoms with Crippen molar-refractivity contribution in [2.75, 3.05) is 26.3 Å². The van der Waals surface area contributed by atoms with Crippen LogP contribution in [0, 0.1) is 6.92 Å². The van der Waals surface area contributed by atoms with Gasteiger partial charge in [0.15, 0.2) is 0 Å². The van der Waals surface area contributed by atoms with E-state index in [0.29, 0.717) is 19.8 Å². The molecule has 0 spiro atoms.